The monoisotopic (exact) mass is 298 g/mol. The van der Waals surface area contributed by atoms with Crippen molar-refractivity contribution in [1.82, 2.24) is 10.2 Å². The van der Waals surface area contributed by atoms with Gasteiger partial charge in [0, 0.05) is 12.1 Å². The lowest BCUT2D eigenvalue weighted by Gasteiger charge is -2.42. The van der Waals surface area contributed by atoms with Crippen LogP contribution in [0.2, 0.25) is 0 Å². The van der Waals surface area contributed by atoms with E-state index in [1.54, 1.807) is 0 Å². The molecule has 2 fully saturated rings. The van der Waals surface area contributed by atoms with Crippen molar-refractivity contribution in [3.63, 3.8) is 0 Å². The van der Waals surface area contributed by atoms with Crippen LogP contribution >= 0.6 is 0 Å². The summed E-state index contributed by atoms with van der Waals surface area (Å²) in [5.74, 6) is -3.25. The molecule has 0 bridgehead atoms. The number of hydrogen-bond acceptors (Lipinski definition) is 2. The number of halogens is 3. The fourth-order valence-electron chi connectivity index (χ4n) is 3.61. The van der Waals surface area contributed by atoms with Crippen molar-refractivity contribution in [2.24, 2.45) is 5.92 Å². The molecule has 2 aliphatic rings. The third kappa shape index (κ3) is 2.94. The summed E-state index contributed by atoms with van der Waals surface area (Å²) in [6, 6.07) is 2.84. The second-order valence-electron chi connectivity index (χ2n) is 6.17. The molecule has 1 aliphatic heterocycles. The Labute approximate surface area is 123 Å². The molecule has 0 radical (unpaired) electrons. The molecule has 1 aromatic carbocycles. The van der Waals surface area contributed by atoms with Crippen LogP contribution in [0.5, 0.6) is 0 Å². The van der Waals surface area contributed by atoms with Crippen LogP contribution in [0.25, 0.3) is 0 Å². The maximum atomic E-state index is 13.6. The lowest BCUT2D eigenvalue weighted by molar-refractivity contribution is 0.0839. The fourth-order valence-corrected chi connectivity index (χ4v) is 3.61. The van der Waals surface area contributed by atoms with E-state index in [1.807, 2.05) is 7.05 Å². The Bertz CT molecular complexity index is 491. The Morgan fingerprint density at radius 2 is 1.81 bits per heavy atom. The van der Waals surface area contributed by atoms with Gasteiger partial charge in [0.15, 0.2) is 17.5 Å². The third-order valence-electron chi connectivity index (χ3n) is 4.62. The summed E-state index contributed by atoms with van der Waals surface area (Å²) in [5, 5.41) is 3.17. The van der Waals surface area contributed by atoms with Gasteiger partial charge in [-0.1, -0.05) is 0 Å². The first-order chi connectivity index (χ1) is 10.1. The first-order valence-electron chi connectivity index (χ1n) is 7.66. The molecule has 2 atom stereocenters. The lowest BCUT2D eigenvalue weighted by atomic mass is 9.84. The highest BCUT2D eigenvalue weighted by Gasteiger charge is 2.40. The molecule has 5 heteroatoms. The van der Waals surface area contributed by atoms with E-state index in [9.17, 15) is 13.2 Å². The van der Waals surface area contributed by atoms with Crippen molar-refractivity contribution in [1.29, 1.82) is 0 Å². The second-order valence-corrected chi connectivity index (χ2v) is 6.17. The van der Waals surface area contributed by atoms with Crippen LogP contribution in [-0.4, -0.2) is 31.1 Å². The maximum absolute atomic E-state index is 13.6. The standard InChI is InChI=1S/C16H21F3N2/c1-20-9-10-3-2-6-21(12-4-5-12)16(10)11-7-13(17)15(19)14(18)8-11/h7-8,10,12,16,20H,2-6,9H2,1H3. The average molecular weight is 298 g/mol. The van der Waals surface area contributed by atoms with E-state index in [2.05, 4.69) is 10.2 Å². The van der Waals surface area contributed by atoms with Gasteiger partial charge in [0.05, 0.1) is 0 Å². The van der Waals surface area contributed by atoms with E-state index in [0.717, 1.165) is 38.8 Å². The van der Waals surface area contributed by atoms with Crippen LogP contribution in [-0.2, 0) is 0 Å². The zero-order valence-corrected chi connectivity index (χ0v) is 12.2. The van der Waals surface area contributed by atoms with Gasteiger partial charge in [0.25, 0.3) is 0 Å². The van der Waals surface area contributed by atoms with Crippen molar-refractivity contribution in [3.8, 4) is 0 Å². The van der Waals surface area contributed by atoms with E-state index in [0.29, 0.717) is 17.5 Å². The van der Waals surface area contributed by atoms with Crippen molar-refractivity contribution in [2.75, 3.05) is 20.1 Å². The molecule has 1 aliphatic carbocycles. The molecule has 1 N–H and O–H groups in total. The first-order valence-corrected chi connectivity index (χ1v) is 7.66. The Morgan fingerprint density at radius 3 is 2.38 bits per heavy atom. The molecule has 0 amide bonds. The van der Waals surface area contributed by atoms with E-state index in [-0.39, 0.29) is 6.04 Å². The van der Waals surface area contributed by atoms with Crippen LogP contribution in [0.15, 0.2) is 12.1 Å². The van der Waals surface area contributed by atoms with Gasteiger partial charge < -0.3 is 5.32 Å². The summed E-state index contributed by atoms with van der Waals surface area (Å²) in [6.07, 6.45) is 4.42. The number of likely N-dealkylation sites (tertiary alicyclic amines) is 1. The maximum Gasteiger partial charge on any atom is 0.194 e. The topological polar surface area (TPSA) is 15.3 Å². The average Bonchev–Trinajstić information content (AvgIpc) is 3.29. The summed E-state index contributed by atoms with van der Waals surface area (Å²) in [4.78, 5) is 2.36. The molecule has 0 aromatic heterocycles. The number of hydrogen-bond donors (Lipinski definition) is 1. The normalized spacial score (nSPS) is 27.0. The van der Waals surface area contributed by atoms with Crippen molar-refractivity contribution < 1.29 is 13.2 Å². The molecule has 116 valence electrons. The SMILES string of the molecule is CNCC1CCCN(C2CC2)C1c1cc(F)c(F)c(F)c1. The van der Waals surface area contributed by atoms with E-state index in [4.69, 9.17) is 0 Å². The van der Waals surface area contributed by atoms with Gasteiger partial charge in [-0.15, -0.1) is 0 Å². The summed E-state index contributed by atoms with van der Waals surface area (Å²) in [5.41, 5.74) is 0.568. The number of nitrogens with zero attached hydrogens (tertiary/aromatic N) is 1. The lowest BCUT2D eigenvalue weighted by Crippen LogP contribution is -2.43. The number of rotatable bonds is 4. The van der Waals surface area contributed by atoms with Crippen molar-refractivity contribution in [2.45, 2.75) is 37.8 Å². The van der Waals surface area contributed by atoms with E-state index < -0.39 is 17.5 Å². The second kappa shape index (κ2) is 5.97. The number of benzene rings is 1. The fraction of sp³-hybridized carbons (Fsp3) is 0.625. The summed E-state index contributed by atoms with van der Waals surface area (Å²) >= 11 is 0. The Kier molecular flexibility index (Phi) is 4.22. The van der Waals surface area contributed by atoms with Crippen LogP contribution in [0.4, 0.5) is 13.2 Å². The molecular weight excluding hydrogens is 277 g/mol. The smallest absolute Gasteiger partial charge is 0.194 e. The zero-order chi connectivity index (χ0) is 15.0. The molecule has 2 nitrogen and oxygen atoms in total. The minimum atomic E-state index is -1.38. The Hall–Kier alpha value is -1.07. The molecule has 1 heterocycles. The third-order valence-corrected chi connectivity index (χ3v) is 4.62. The quantitative estimate of drug-likeness (QED) is 0.859. The largest absolute Gasteiger partial charge is 0.319 e. The highest BCUT2D eigenvalue weighted by atomic mass is 19.2. The predicted molar refractivity (Wildman–Crippen MR) is 75.4 cm³/mol. The van der Waals surface area contributed by atoms with Crippen LogP contribution in [0.1, 0.15) is 37.3 Å². The van der Waals surface area contributed by atoms with Crippen LogP contribution < -0.4 is 5.32 Å². The minimum absolute atomic E-state index is 0.0247. The molecule has 0 spiro atoms. The molecule has 2 unspecified atom stereocenters. The van der Waals surface area contributed by atoms with E-state index in [1.165, 1.54) is 12.1 Å². The molecular formula is C16H21F3N2. The number of nitrogens with one attached hydrogen (secondary N) is 1. The van der Waals surface area contributed by atoms with Gasteiger partial charge >= 0.3 is 0 Å². The summed E-state index contributed by atoms with van der Waals surface area (Å²) in [6.45, 7) is 1.75. The minimum Gasteiger partial charge on any atom is -0.319 e. The Morgan fingerprint density at radius 1 is 1.14 bits per heavy atom. The van der Waals surface area contributed by atoms with Crippen molar-refractivity contribution >= 4 is 0 Å². The predicted octanol–water partition coefficient (Wildman–Crippen LogP) is 3.24. The van der Waals surface area contributed by atoms with Gasteiger partial charge in [-0.05, 0) is 69.4 Å². The summed E-state index contributed by atoms with van der Waals surface area (Å²) < 4.78 is 40.4. The van der Waals surface area contributed by atoms with Gasteiger partial charge in [0.1, 0.15) is 0 Å². The number of piperidine rings is 1. The van der Waals surface area contributed by atoms with E-state index >= 15 is 0 Å². The molecule has 21 heavy (non-hydrogen) atoms. The van der Waals surface area contributed by atoms with Crippen LogP contribution in [0, 0.1) is 23.4 Å². The summed E-state index contributed by atoms with van der Waals surface area (Å²) in [7, 11) is 1.89. The highest BCUT2D eigenvalue weighted by Crippen LogP contribution is 2.43. The highest BCUT2D eigenvalue weighted by molar-refractivity contribution is 5.25. The van der Waals surface area contributed by atoms with Gasteiger partial charge in [-0.25, -0.2) is 13.2 Å². The molecule has 1 aromatic rings. The van der Waals surface area contributed by atoms with Gasteiger partial charge in [-0.3, -0.25) is 4.90 Å². The van der Waals surface area contributed by atoms with Crippen LogP contribution in [0.3, 0.4) is 0 Å². The van der Waals surface area contributed by atoms with Crippen molar-refractivity contribution in [3.05, 3.63) is 35.1 Å². The Balaban J connectivity index is 1.96. The first kappa shape index (κ1) is 14.9. The molecule has 1 saturated carbocycles. The van der Waals surface area contributed by atoms with Gasteiger partial charge in [0.2, 0.25) is 0 Å². The zero-order valence-electron chi connectivity index (χ0n) is 12.2. The van der Waals surface area contributed by atoms with Gasteiger partial charge in [-0.2, -0.15) is 0 Å². The molecule has 1 saturated heterocycles. The molecule has 3 rings (SSSR count).